The molecule has 0 unspecified atom stereocenters. The first kappa shape index (κ1) is 13.2. The van der Waals surface area contributed by atoms with E-state index in [-0.39, 0.29) is 0 Å². The number of halogens is 1. The van der Waals surface area contributed by atoms with E-state index in [0.717, 1.165) is 27.1 Å². The summed E-state index contributed by atoms with van der Waals surface area (Å²) in [6, 6.07) is 3.77. The van der Waals surface area contributed by atoms with Crippen molar-refractivity contribution in [1.82, 2.24) is 14.8 Å². The van der Waals surface area contributed by atoms with E-state index in [1.165, 1.54) is 0 Å². The molecule has 0 saturated heterocycles. The van der Waals surface area contributed by atoms with E-state index >= 15 is 0 Å². The van der Waals surface area contributed by atoms with Gasteiger partial charge in [-0.1, -0.05) is 12.2 Å². The van der Waals surface area contributed by atoms with Gasteiger partial charge in [0, 0.05) is 5.69 Å². The van der Waals surface area contributed by atoms with Crippen molar-refractivity contribution < 1.29 is 0 Å². The summed E-state index contributed by atoms with van der Waals surface area (Å²) in [5, 5.41) is 4.46. The van der Waals surface area contributed by atoms with Crippen molar-refractivity contribution in [2.24, 2.45) is 5.73 Å². The molecule has 0 aliphatic heterocycles. The van der Waals surface area contributed by atoms with E-state index in [9.17, 15) is 0 Å². The maximum absolute atomic E-state index is 5.74. The summed E-state index contributed by atoms with van der Waals surface area (Å²) in [5.41, 5.74) is 9.24. The van der Waals surface area contributed by atoms with Crippen molar-refractivity contribution in [3.63, 3.8) is 0 Å². The highest BCUT2D eigenvalue weighted by Gasteiger charge is 2.15. The van der Waals surface area contributed by atoms with Crippen LogP contribution in [0.1, 0.15) is 22.6 Å². The van der Waals surface area contributed by atoms with Gasteiger partial charge in [0.15, 0.2) is 5.82 Å². The molecule has 0 spiro atoms. The van der Waals surface area contributed by atoms with Crippen LogP contribution in [-0.2, 0) is 0 Å². The summed E-state index contributed by atoms with van der Waals surface area (Å²) in [6.07, 6.45) is 0. The standard InChI is InChI=1S/C12H13BrN4S/c1-6-4-5-9(11(14)18)12(15-6)17-8(3)10(13)7(2)16-17/h4-5H,1-3H3,(H2,14,18). The number of nitrogens with zero attached hydrogens (tertiary/aromatic N) is 3. The lowest BCUT2D eigenvalue weighted by Crippen LogP contribution is -2.16. The first-order valence-electron chi connectivity index (χ1n) is 5.41. The van der Waals surface area contributed by atoms with Crippen molar-refractivity contribution >= 4 is 33.1 Å². The average Bonchev–Trinajstić information content (AvgIpc) is 2.56. The van der Waals surface area contributed by atoms with Gasteiger partial charge in [-0.2, -0.15) is 5.10 Å². The molecule has 0 saturated carbocycles. The minimum absolute atomic E-state index is 0.321. The highest BCUT2D eigenvalue weighted by molar-refractivity contribution is 9.10. The predicted octanol–water partition coefficient (Wildman–Crippen LogP) is 2.59. The lowest BCUT2D eigenvalue weighted by atomic mass is 10.2. The SMILES string of the molecule is Cc1ccc(C(N)=S)c(-n2nc(C)c(Br)c2C)n1. The van der Waals surface area contributed by atoms with Crippen LogP contribution in [-0.4, -0.2) is 19.8 Å². The fraction of sp³-hybridized carbons (Fsp3) is 0.250. The Balaban J connectivity index is 2.73. The second kappa shape index (κ2) is 4.78. The predicted molar refractivity (Wildman–Crippen MR) is 79.2 cm³/mol. The van der Waals surface area contributed by atoms with Gasteiger partial charge in [-0.25, -0.2) is 9.67 Å². The van der Waals surface area contributed by atoms with Crippen molar-refractivity contribution in [2.75, 3.05) is 0 Å². The second-order valence-corrected chi connectivity index (χ2v) is 5.32. The molecule has 2 aromatic heterocycles. The highest BCUT2D eigenvalue weighted by atomic mass is 79.9. The molecule has 0 aromatic carbocycles. The molecule has 0 radical (unpaired) electrons. The van der Waals surface area contributed by atoms with Gasteiger partial charge >= 0.3 is 0 Å². The van der Waals surface area contributed by atoms with Crippen LogP contribution < -0.4 is 5.73 Å². The van der Waals surface area contributed by atoms with E-state index < -0.39 is 0 Å². The molecule has 2 heterocycles. The first-order chi connectivity index (χ1) is 8.41. The van der Waals surface area contributed by atoms with Gasteiger partial charge in [0.2, 0.25) is 0 Å². The number of nitrogens with two attached hydrogens (primary N) is 1. The van der Waals surface area contributed by atoms with Gasteiger partial charge in [-0.3, -0.25) is 0 Å². The Morgan fingerprint density at radius 1 is 1.33 bits per heavy atom. The fourth-order valence-corrected chi connectivity index (χ4v) is 2.13. The Kier molecular flexibility index (Phi) is 3.49. The smallest absolute Gasteiger partial charge is 0.164 e. The number of pyridine rings is 1. The normalized spacial score (nSPS) is 10.7. The van der Waals surface area contributed by atoms with E-state index in [1.54, 1.807) is 4.68 Å². The van der Waals surface area contributed by atoms with Gasteiger partial charge in [-0.15, -0.1) is 0 Å². The summed E-state index contributed by atoms with van der Waals surface area (Å²) in [6.45, 7) is 5.83. The number of rotatable bonds is 2. The minimum atomic E-state index is 0.321. The lowest BCUT2D eigenvalue weighted by Gasteiger charge is -2.10. The van der Waals surface area contributed by atoms with Crippen molar-refractivity contribution in [3.8, 4) is 5.82 Å². The topological polar surface area (TPSA) is 56.7 Å². The van der Waals surface area contributed by atoms with Crippen LogP contribution in [0.3, 0.4) is 0 Å². The summed E-state index contributed by atoms with van der Waals surface area (Å²) in [7, 11) is 0. The van der Waals surface area contributed by atoms with E-state index in [2.05, 4.69) is 26.0 Å². The third-order valence-corrected chi connectivity index (χ3v) is 4.05. The summed E-state index contributed by atoms with van der Waals surface area (Å²) >= 11 is 8.56. The molecule has 0 fully saturated rings. The second-order valence-electron chi connectivity index (χ2n) is 4.08. The largest absolute Gasteiger partial charge is 0.389 e. The van der Waals surface area contributed by atoms with Crippen LogP contribution in [0.15, 0.2) is 16.6 Å². The highest BCUT2D eigenvalue weighted by Crippen LogP contribution is 2.23. The molecule has 18 heavy (non-hydrogen) atoms. The molecule has 94 valence electrons. The molecule has 0 amide bonds. The van der Waals surface area contributed by atoms with Crippen molar-refractivity contribution in [2.45, 2.75) is 20.8 Å². The third kappa shape index (κ3) is 2.18. The van der Waals surface area contributed by atoms with Crippen LogP contribution in [0.25, 0.3) is 5.82 Å². The molecule has 0 aliphatic rings. The molecule has 2 N–H and O–H groups in total. The monoisotopic (exact) mass is 324 g/mol. The summed E-state index contributed by atoms with van der Waals surface area (Å²) < 4.78 is 2.74. The fourth-order valence-electron chi connectivity index (χ4n) is 1.73. The van der Waals surface area contributed by atoms with Crippen LogP contribution in [0, 0.1) is 20.8 Å². The quantitative estimate of drug-likeness (QED) is 0.863. The first-order valence-corrected chi connectivity index (χ1v) is 6.61. The maximum Gasteiger partial charge on any atom is 0.164 e. The molecular formula is C12H13BrN4S. The minimum Gasteiger partial charge on any atom is -0.389 e. The Morgan fingerprint density at radius 3 is 2.50 bits per heavy atom. The van der Waals surface area contributed by atoms with Gasteiger partial charge in [0.05, 0.1) is 21.4 Å². The van der Waals surface area contributed by atoms with Gasteiger partial charge in [0.25, 0.3) is 0 Å². The van der Waals surface area contributed by atoms with Crippen molar-refractivity contribution in [1.29, 1.82) is 0 Å². The van der Waals surface area contributed by atoms with Crippen molar-refractivity contribution in [3.05, 3.63) is 39.3 Å². The number of aryl methyl sites for hydroxylation is 2. The average molecular weight is 325 g/mol. The summed E-state index contributed by atoms with van der Waals surface area (Å²) in [4.78, 5) is 4.81. The van der Waals surface area contributed by atoms with E-state index in [4.69, 9.17) is 18.0 Å². The third-order valence-electron chi connectivity index (χ3n) is 2.68. The lowest BCUT2D eigenvalue weighted by molar-refractivity contribution is 0.799. The summed E-state index contributed by atoms with van der Waals surface area (Å²) in [5.74, 6) is 0.675. The van der Waals surface area contributed by atoms with Gasteiger partial charge in [-0.05, 0) is 48.8 Å². The zero-order valence-electron chi connectivity index (χ0n) is 10.4. The maximum atomic E-state index is 5.74. The Hall–Kier alpha value is -1.27. The van der Waals surface area contributed by atoms with Crippen LogP contribution in [0.5, 0.6) is 0 Å². The molecule has 0 aliphatic carbocycles. The molecule has 0 bridgehead atoms. The molecular weight excluding hydrogens is 312 g/mol. The zero-order chi connectivity index (χ0) is 13.4. The molecule has 2 rings (SSSR count). The molecule has 0 atom stereocenters. The van der Waals surface area contributed by atoms with Crippen LogP contribution in [0.4, 0.5) is 0 Å². The van der Waals surface area contributed by atoms with E-state index in [0.29, 0.717) is 10.8 Å². The Bertz CT molecular complexity index is 633. The number of hydrogen-bond donors (Lipinski definition) is 1. The molecule has 2 aromatic rings. The Morgan fingerprint density at radius 2 is 2.00 bits per heavy atom. The number of aromatic nitrogens is 3. The van der Waals surface area contributed by atoms with Gasteiger partial charge in [0.1, 0.15) is 4.99 Å². The van der Waals surface area contributed by atoms with Gasteiger partial charge < -0.3 is 5.73 Å². The number of hydrogen-bond acceptors (Lipinski definition) is 3. The van der Waals surface area contributed by atoms with Crippen LogP contribution >= 0.6 is 28.1 Å². The molecule has 4 nitrogen and oxygen atoms in total. The molecule has 6 heteroatoms. The zero-order valence-corrected chi connectivity index (χ0v) is 12.8. The van der Waals surface area contributed by atoms with E-state index in [1.807, 2.05) is 32.9 Å². The van der Waals surface area contributed by atoms with Crippen LogP contribution in [0.2, 0.25) is 0 Å². The number of thiocarbonyl (C=S) groups is 1. The Labute approximate surface area is 119 Å².